The average Bonchev–Trinajstić information content (AvgIpc) is 1.94. The molecule has 0 atom stereocenters. The fourth-order valence-corrected chi connectivity index (χ4v) is 1.12. The number of carbonyl (C=O) groups is 1. The van der Waals surface area contributed by atoms with Crippen LogP contribution in [0.15, 0.2) is 18.2 Å². The second-order valence-corrected chi connectivity index (χ2v) is 2.84. The number of aryl methyl sites for hydroxylation is 2. The van der Waals surface area contributed by atoms with Crippen molar-refractivity contribution >= 4 is 5.97 Å². The van der Waals surface area contributed by atoms with Gasteiger partial charge >= 0.3 is 5.97 Å². The third-order valence-electron chi connectivity index (χ3n) is 1.70. The first kappa shape index (κ1) is 8.78. The van der Waals surface area contributed by atoms with Crippen LogP contribution in [0.1, 0.15) is 16.7 Å². The Morgan fingerprint density at radius 3 is 2.58 bits per heavy atom. The van der Waals surface area contributed by atoms with Gasteiger partial charge in [0, 0.05) is 0 Å². The Hall–Kier alpha value is -1.31. The first-order valence-corrected chi connectivity index (χ1v) is 3.74. The van der Waals surface area contributed by atoms with E-state index in [-0.39, 0.29) is 0 Å². The van der Waals surface area contributed by atoms with E-state index in [4.69, 9.17) is 5.11 Å². The lowest BCUT2D eigenvalue weighted by molar-refractivity contribution is -0.132. The highest BCUT2D eigenvalue weighted by Crippen LogP contribution is 2.11. The molecule has 0 heterocycles. The van der Waals surface area contributed by atoms with Crippen molar-refractivity contribution in [3.63, 3.8) is 0 Å². The number of aliphatic carboxylic acids is 1. The third-order valence-corrected chi connectivity index (χ3v) is 1.70. The predicted molar refractivity (Wildman–Crippen MR) is 47.0 cm³/mol. The molecule has 0 unspecified atom stereocenters. The smallest absolute Gasteiger partial charge is 0.312 e. The summed E-state index contributed by atoms with van der Waals surface area (Å²) in [7, 11) is 0. The molecule has 1 rings (SSSR count). The maximum atomic E-state index is 10.4. The van der Waals surface area contributed by atoms with Gasteiger partial charge in [0.25, 0.3) is 0 Å². The van der Waals surface area contributed by atoms with Crippen molar-refractivity contribution in [2.45, 2.75) is 13.8 Å². The van der Waals surface area contributed by atoms with Gasteiger partial charge in [0.05, 0.1) is 6.42 Å². The molecule has 0 saturated heterocycles. The molecule has 1 radical (unpaired) electrons. The van der Waals surface area contributed by atoms with Gasteiger partial charge in [-0.05, 0) is 25.0 Å². The Kier molecular flexibility index (Phi) is 2.48. The predicted octanol–water partition coefficient (Wildman–Crippen LogP) is 1.94. The molecule has 63 valence electrons. The standard InChI is InChI=1S/C10H11O2/c1-7-3-4-9(6-10(11)12)8(2)5-7/h3-6H,1-2H3,(H,11,12). The lowest BCUT2D eigenvalue weighted by Crippen LogP contribution is -1.98. The molecule has 0 bridgehead atoms. The molecule has 1 aromatic rings. The quantitative estimate of drug-likeness (QED) is 0.723. The van der Waals surface area contributed by atoms with Crippen molar-refractivity contribution in [3.05, 3.63) is 41.3 Å². The molecule has 1 N–H and O–H groups in total. The van der Waals surface area contributed by atoms with Crippen molar-refractivity contribution in [1.29, 1.82) is 0 Å². The van der Waals surface area contributed by atoms with Crippen LogP contribution in [0.3, 0.4) is 0 Å². The lowest BCUT2D eigenvalue weighted by Gasteiger charge is -2.02. The summed E-state index contributed by atoms with van der Waals surface area (Å²) in [5.41, 5.74) is 2.92. The molecule has 0 fully saturated rings. The number of benzene rings is 1. The van der Waals surface area contributed by atoms with Crippen molar-refractivity contribution in [3.8, 4) is 0 Å². The number of hydrogen-bond acceptors (Lipinski definition) is 1. The van der Waals surface area contributed by atoms with Crippen LogP contribution in [-0.4, -0.2) is 11.1 Å². The molecule has 0 spiro atoms. The van der Waals surface area contributed by atoms with E-state index in [1.165, 1.54) is 6.42 Å². The van der Waals surface area contributed by atoms with E-state index in [0.29, 0.717) is 0 Å². The monoisotopic (exact) mass is 163 g/mol. The summed E-state index contributed by atoms with van der Waals surface area (Å²) in [6.45, 7) is 3.89. The summed E-state index contributed by atoms with van der Waals surface area (Å²) < 4.78 is 0. The van der Waals surface area contributed by atoms with E-state index in [2.05, 4.69) is 0 Å². The maximum absolute atomic E-state index is 10.4. The summed E-state index contributed by atoms with van der Waals surface area (Å²) >= 11 is 0. The van der Waals surface area contributed by atoms with Crippen molar-refractivity contribution < 1.29 is 9.90 Å². The topological polar surface area (TPSA) is 37.3 Å². The number of carboxylic acids is 1. The van der Waals surface area contributed by atoms with E-state index in [0.717, 1.165) is 16.7 Å². The SMILES string of the molecule is Cc1ccc([CH]C(=O)O)c(C)c1. The highest BCUT2D eigenvalue weighted by Gasteiger charge is 2.03. The van der Waals surface area contributed by atoms with Crippen LogP contribution in [0.2, 0.25) is 0 Å². The van der Waals surface area contributed by atoms with E-state index >= 15 is 0 Å². The first-order chi connectivity index (χ1) is 5.59. The number of carboxylic acid groups (broad SMARTS) is 1. The zero-order valence-corrected chi connectivity index (χ0v) is 7.16. The normalized spacial score (nSPS) is 9.83. The molecule has 2 heteroatoms. The van der Waals surface area contributed by atoms with Gasteiger partial charge in [-0.15, -0.1) is 0 Å². The molecule has 2 nitrogen and oxygen atoms in total. The lowest BCUT2D eigenvalue weighted by atomic mass is 10.0. The Bertz CT molecular complexity index is 303. The molecule has 0 amide bonds. The van der Waals surface area contributed by atoms with Gasteiger partial charge in [0.2, 0.25) is 0 Å². The molecule has 0 aromatic heterocycles. The van der Waals surface area contributed by atoms with Gasteiger partial charge in [-0.1, -0.05) is 23.8 Å². The highest BCUT2D eigenvalue weighted by molar-refractivity contribution is 5.81. The average molecular weight is 163 g/mol. The largest absolute Gasteiger partial charge is 0.481 e. The minimum Gasteiger partial charge on any atom is -0.481 e. The van der Waals surface area contributed by atoms with Crippen LogP contribution in [0.5, 0.6) is 0 Å². The fraction of sp³-hybridized carbons (Fsp3) is 0.200. The summed E-state index contributed by atoms with van der Waals surface area (Å²) in [5, 5.41) is 8.51. The van der Waals surface area contributed by atoms with Crippen LogP contribution in [-0.2, 0) is 4.79 Å². The molecule has 12 heavy (non-hydrogen) atoms. The summed E-state index contributed by atoms with van der Waals surface area (Å²) in [4.78, 5) is 10.4. The maximum Gasteiger partial charge on any atom is 0.312 e. The van der Waals surface area contributed by atoms with Crippen LogP contribution in [0.25, 0.3) is 0 Å². The Morgan fingerprint density at radius 2 is 2.08 bits per heavy atom. The van der Waals surface area contributed by atoms with E-state index < -0.39 is 5.97 Å². The zero-order chi connectivity index (χ0) is 9.14. The molecular weight excluding hydrogens is 152 g/mol. The van der Waals surface area contributed by atoms with Gasteiger partial charge in [0.1, 0.15) is 0 Å². The molecule has 0 saturated carbocycles. The fourth-order valence-electron chi connectivity index (χ4n) is 1.12. The molecule has 0 aliphatic heterocycles. The molecule has 0 aliphatic rings. The minimum atomic E-state index is -0.901. The summed E-state index contributed by atoms with van der Waals surface area (Å²) in [5.74, 6) is -0.901. The van der Waals surface area contributed by atoms with Crippen molar-refractivity contribution in [1.82, 2.24) is 0 Å². The van der Waals surface area contributed by atoms with Gasteiger partial charge in [-0.3, -0.25) is 4.79 Å². The molecular formula is C10H11O2. The van der Waals surface area contributed by atoms with Gasteiger partial charge in [-0.2, -0.15) is 0 Å². The second-order valence-electron chi connectivity index (χ2n) is 2.84. The second kappa shape index (κ2) is 3.39. The van der Waals surface area contributed by atoms with Gasteiger partial charge < -0.3 is 5.11 Å². The third kappa shape index (κ3) is 2.09. The van der Waals surface area contributed by atoms with Crippen LogP contribution in [0.4, 0.5) is 0 Å². The summed E-state index contributed by atoms with van der Waals surface area (Å²) in [6, 6.07) is 5.69. The first-order valence-electron chi connectivity index (χ1n) is 3.74. The van der Waals surface area contributed by atoms with Crippen molar-refractivity contribution in [2.24, 2.45) is 0 Å². The minimum absolute atomic E-state index is 0.771. The van der Waals surface area contributed by atoms with Crippen LogP contribution in [0, 0.1) is 20.3 Å². The zero-order valence-electron chi connectivity index (χ0n) is 7.16. The summed E-state index contributed by atoms with van der Waals surface area (Å²) in [6.07, 6.45) is 1.22. The highest BCUT2D eigenvalue weighted by atomic mass is 16.4. The van der Waals surface area contributed by atoms with E-state index in [1.54, 1.807) is 0 Å². The molecule has 0 aliphatic carbocycles. The molecule has 1 aromatic carbocycles. The van der Waals surface area contributed by atoms with Crippen LogP contribution < -0.4 is 0 Å². The van der Waals surface area contributed by atoms with Crippen molar-refractivity contribution in [2.75, 3.05) is 0 Å². The number of rotatable bonds is 2. The number of hydrogen-bond donors (Lipinski definition) is 1. The van der Waals surface area contributed by atoms with Crippen LogP contribution >= 0.6 is 0 Å². The Labute approximate surface area is 71.8 Å². The van der Waals surface area contributed by atoms with Gasteiger partial charge in [-0.25, -0.2) is 0 Å². The Balaban J connectivity index is 2.93. The van der Waals surface area contributed by atoms with E-state index in [9.17, 15) is 4.79 Å². The van der Waals surface area contributed by atoms with Gasteiger partial charge in [0.15, 0.2) is 0 Å². The van der Waals surface area contributed by atoms with E-state index in [1.807, 2.05) is 32.0 Å². The Morgan fingerprint density at radius 1 is 1.42 bits per heavy atom.